The van der Waals surface area contributed by atoms with Crippen molar-refractivity contribution in [2.24, 2.45) is 0 Å². The average molecular weight is 375 g/mol. The molecule has 9 heteroatoms. The number of hydrogen-bond acceptors (Lipinski definition) is 5. The zero-order valence-electron chi connectivity index (χ0n) is 14.3. The Kier molecular flexibility index (Phi) is 5.48. The molecular weight excluding hydrogens is 354 g/mol. The maximum Gasteiger partial charge on any atom is 0.278 e. The van der Waals surface area contributed by atoms with Crippen molar-refractivity contribution in [2.75, 3.05) is 26.2 Å². The minimum Gasteiger partial charge on any atom is -0.340 e. The van der Waals surface area contributed by atoms with Gasteiger partial charge in [0.25, 0.3) is 15.2 Å². The lowest BCUT2D eigenvalue weighted by Crippen LogP contribution is -2.50. The van der Waals surface area contributed by atoms with E-state index in [-0.39, 0.29) is 30.1 Å². The van der Waals surface area contributed by atoms with E-state index in [1.54, 1.807) is 11.0 Å². The summed E-state index contributed by atoms with van der Waals surface area (Å²) in [5.74, 6) is -0.0601. The highest BCUT2D eigenvalue weighted by Crippen LogP contribution is 2.22. The molecule has 26 heavy (non-hydrogen) atoms. The molecule has 1 aliphatic heterocycles. The molecule has 2 heterocycles. The molecule has 1 saturated heterocycles. The summed E-state index contributed by atoms with van der Waals surface area (Å²) < 4.78 is 26.1. The number of aromatic nitrogens is 3. The van der Waals surface area contributed by atoms with E-state index in [9.17, 15) is 13.2 Å². The topological polar surface area (TPSA) is 99.3 Å². The number of carbonyl (C=O) groups excluding carboxylic acids is 1. The second-order valence-electron chi connectivity index (χ2n) is 6.03. The van der Waals surface area contributed by atoms with Crippen LogP contribution in [0.4, 0.5) is 0 Å². The van der Waals surface area contributed by atoms with Crippen LogP contribution >= 0.6 is 0 Å². The lowest BCUT2D eigenvalue weighted by molar-refractivity contribution is -0.132. The second-order valence-corrected chi connectivity index (χ2v) is 7.89. The van der Waals surface area contributed by atoms with Crippen LogP contribution in [0.1, 0.15) is 17.9 Å². The van der Waals surface area contributed by atoms with Crippen molar-refractivity contribution < 1.29 is 13.2 Å². The summed E-state index contributed by atoms with van der Waals surface area (Å²) in [4.78, 5) is 18.0. The zero-order valence-corrected chi connectivity index (χ0v) is 15.1. The van der Waals surface area contributed by atoms with Crippen LogP contribution in [-0.2, 0) is 14.8 Å². The number of piperazine rings is 1. The van der Waals surface area contributed by atoms with Crippen LogP contribution in [0.25, 0.3) is 0 Å². The lowest BCUT2D eigenvalue weighted by Gasteiger charge is -2.34. The van der Waals surface area contributed by atoms with Gasteiger partial charge in [0.05, 0.1) is 0 Å². The first-order chi connectivity index (χ1) is 12.5. The van der Waals surface area contributed by atoms with Gasteiger partial charge in [0.1, 0.15) is 6.33 Å². The highest BCUT2D eigenvalue weighted by molar-refractivity contribution is 7.88. The van der Waals surface area contributed by atoms with Gasteiger partial charge in [-0.3, -0.25) is 4.79 Å². The van der Waals surface area contributed by atoms with Gasteiger partial charge < -0.3 is 4.90 Å². The molecule has 8 nitrogen and oxygen atoms in total. The first kappa shape index (κ1) is 18.3. The van der Waals surface area contributed by atoms with Gasteiger partial charge in [-0.05, 0) is 5.56 Å². The van der Waals surface area contributed by atoms with E-state index in [0.29, 0.717) is 19.5 Å². The summed E-state index contributed by atoms with van der Waals surface area (Å²) in [6, 6.07) is 9.75. The Bertz CT molecular complexity index is 844. The number of hydrogen-bond donors (Lipinski definition) is 1. The maximum absolute atomic E-state index is 12.6. The standard InChI is InChI=1S/C17H21N5O3S/c1-2-14(15-6-4-3-5-7-15)12-16(23)21-8-10-22(11-9-21)26(24,25)17-18-13-19-20-17/h2-7,13-14H,1,8-12H2,(H,18,19,20). The minimum atomic E-state index is -3.69. The third kappa shape index (κ3) is 3.83. The van der Waals surface area contributed by atoms with E-state index >= 15 is 0 Å². The monoisotopic (exact) mass is 375 g/mol. The average Bonchev–Trinajstić information content (AvgIpc) is 3.22. The molecule has 0 saturated carbocycles. The largest absolute Gasteiger partial charge is 0.340 e. The van der Waals surface area contributed by atoms with E-state index in [0.717, 1.165) is 11.9 Å². The number of nitrogens with one attached hydrogen (secondary N) is 1. The van der Waals surface area contributed by atoms with Gasteiger partial charge in [0.15, 0.2) is 0 Å². The SMILES string of the molecule is C=CC(CC(=O)N1CCN(S(=O)(=O)c2ncn[nH]2)CC1)c1ccccc1. The fraction of sp³-hybridized carbons (Fsp3) is 0.353. The highest BCUT2D eigenvalue weighted by atomic mass is 32.2. The zero-order chi connectivity index (χ0) is 18.6. The molecule has 0 bridgehead atoms. The summed E-state index contributed by atoms with van der Waals surface area (Å²) in [5, 5.41) is 5.79. The van der Waals surface area contributed by atoms with Crippen molar-refractivity contribution >= 4 is 15.9 Å². The van der Waals surface area contributed by atoms with E-state index in [1.807, 2.05) is 30.3 Å². The molecule has 1 amide bonds. The van der Waals surface area contributed by atoms with Gasteiger partial charge in [-0.25, -0.2) is 18.5 Å². The second kappa shape index (κ2) is 7.79. The Morgan fingerprint density at radius 2 is 1.92 bits per heavy atom. The van der Waals surface area contributed by atoms with Crippen LogP contribution in [0, 0.1) is 0 Å². The highest BCUT2D eigenvalue weighted by Gasteiger charge is 2.32. The Morgan fingerprint density at radius 3 is 2.50 bits per heavy atom. The van der Waals surface area contributed by atoms with E-state index in [2.05, 4.69) is 21.8 Å². The molecule has 1 atom stereocenters. The van der Waals surface area contributed by atoms with Crippen molar-refractivity contribution in [1.29, 1.82) is 0 Å². The quantitative estimate of drug-likeness (QED) is 0.760. The van der Waals surface area contributed by atoms with Crippen molar-refractivity contribution in [1.82, 2.24) is 24.4 Å². The van der Waals surface area contributed by atoms with Gasteiger partial charge in [0, 0.05) is 38.5 Å². The third-order valence-electron chi connectivity index (χ3n) is 4.48. The molecule has 1 aromatic carbocycles. The van der Waals surface area contributed by atoms with Crippen LogP contribution in [-0.4, -0.2) is 64.9 Å². The smallest absolute Gasteiger partial charge is 0.278 e. The predicted molar refractivity (Wildman–Crippen MR) is 95.7 cm³/mol. The number of sulfonamides is 1. The van der Waals surface area contributed by atoms with Crippen LogP contribution < -0.4 is 0 Å². The Hall–Kier alpha value is -2.52. The molecule has 3 rings (SSSR count). The molecule has 0 aliphatic carbocycles. The molecule has 0 radical (unpaired) electrons. The van der Waals surface area contributed by atoms with E-state index in [4.69, 9.17) is 0 Å². The molecule has 1 fully saturated rings. The summed E-state index contributed by atoms with van der Waals surface area (Å²) in [6.45, 7) is 5.01. The van der Waals surface area contributed by atoms with E-state index in [1.165, 1.54) is 4.31 Å². The molecular formula is C17H21N5O3S. The number of H-pyrrole nitrogens is 1. The van der Waals surface area contributed by atoms with Crippen LogP contribution in [0.3, 0.4) is 0 Å². The Morgan fingerprint density at radius 1 is 1.23 bits per heavy atom. The molecule has 0 spiro atoms. The van der Waals surface area contributed by atoms with Crippen LogP contribution in [0.5, 0.6) is 0 Å². The summed E-state index contributed by atoms with van der Waals surface area (Å²) >= 11 is 0. The Labute approximate surface area is 152 Å². The lowest BCUT2D eigenvalue weighted by atomic mass is 9.95. The van der Waals surface area contributed by atoms with Gasteiger partial charge in [-0.1, -0.05) is 36.4 Å². The number of nitrogens with zero attached hydrogens (tertiary/aromatic N) is 4. The number of amides is 1. The first-order valence-corrected chi connectivity index (χ1v) is 9.77. The number of carbonyl (C=O) groups is 1. The maximum atomic E-state index is 12.6. The molecule has 1 aliphatic rings. The summed E-state index contributed by atoms with van der Waals surface area (Å²) in [7, 11) is -3.69. The van der Waals surface area contributed by atoms with Crippen LogP contribution in [0.2, 0.25) is 0 Å². The van der Waals surface area contributed by atoms with Gasteiger partial charge in [0.2, 0.25) is 5.91 Å². The van der Waals surface area contributed by atoms with E-state index < -0.39 is 10.0 Å². The number of allylic oxidation sites excluding steroid dienone is 1. The number of rotatable bonds is 6. The van der Waals surface area contributed by atoms with Gasteiger partial charge >= 0.3 is 0 Å². The van der Waals surface area contributed by atoms with Crippen molar-refractivity contribution in [3.8, 4) is 0 Å². The number of aromatic amines is 1. The third-order valence-corrected chi connectivity index (χ3v) is 6.21. The van der Waals surface area contributed by atoms with Gasteiger partial charge in [-0.15, -0.1) is 6.58 Å². The molecule has 1 N–H and O–H groups in total. The predicted octanol–water partition coefficient (Wildman–Crippen LogP) is 0.997. The van der Waals surface area contributed by atoms with Crippen molar-refractivity contribution in [3.63, 3.8) is 0 Å². The fourth-order valence-corrected chi connectivity index (χ4v) is 4.21. The summed E-state index contributed by atoms with van der Waals surface area (Å²) in [6.07, 6.45) is 3.26. The van der Waals surface area contributed by atoms with Gasteiger partial charge in [-0.2, -0.15) is 9.40 Å². The molecule has 1 unspecified atom stereocenters. The first-order valence-electron chi connectivity index (χ1n) is 8.33. The van der Waals surface area contributed by atoms with Crippen molar-refractivity contribution in [3.05, 3.63) is 54.9 Å². The molecule has 138 valence electrons. The van der Waals surface area contributed by atoms with Crippen LogP contribution in [0.15, 0.2) is 54.5 Å². The summed E-state index contributed by atoms with van der Waals surface area (Å²) in [5.41, 5.74) is 1.04. The van der Waals surface area contributed by atoms with Crippen molar-refractivity contribution in [2.45, 2.75) is 17.5 Å². The minimum absolute atomic E-state index is 0.00420. The molecule has 1 aromatic heterocycles. The number of benzene rings is 1. The normalized spacial score (nSPS) is 17.0. The fourth-order valence-electron chi connectivity index (χ4n) is 2.97. The Balaban J connectivity index is 1.59. The molecule has 2 aromatic rings.